The van der Waals surface area contributed by atoms with Crippen molar-refractivity contribution in [2.75, 3.05) is 0 Å². The zero-order valence-electron chi connectivity index (χ0n) is 34.6. The molecule has 3 heterocycles. The van der Waals surface area contributed by atoms with Gasteiger partial charge in [0, 0.05) is 47.6 Å². The number of hydrogen-bond acceptors (Lipinski definition) is 4. The molecule has 0 aliphatic rings. The van der Waals surface area contributed by atoms with Crippen molar-refractivity contribution in [3.63, 3.8) is 0 Å². The molecule has 5 heteroatoms. The Kier molecular flexibility index (Phi) is 5.73. The molecular weight excluding hydrogens is 677 g/mol. The van der Waals surface area contributed by atoms with Gasteiger partial charge in [0.25, 0.3) is 0 Å². The molecule has 11 rings (SSSR count). The van der Waals surface area contributed by atoms with Crippen LogP contribution in [0.3, 0.4) is 0 Å². The number of fused-ring (bicyclic) bond motifs is 7. The van der Waals surface area contributed by atoms with Gasteiger partial charge in [0.05, 0.1) is 24.9 Å². The van der Waals surface area contributed by atoms with Crippen molar-refractivity contribution in [1.82, 2.24) is 19.5 Å². The van der Waals surface area contributed by atoms with Crippen LogP contribution >= 0.6 is 11.3 Å². The summed E-state index contributed by atoms with van der Waals surface area (Å²) in [7, 11) is 0. The van der Waals surface area contributed by atoms with Gasteiger partial charge in [0.2, 0.25) is 0 Å². The lowest BCUT2D eigenvalue weighted by Crippen LogP contribution is -2.04. The molecule has 0 aliphatic carbocycles. The van der Waals surface area contributed by atoms with Crippen molar-refractivity contribution in [3.05, 3.63) is 182 Å². The van der Waals surface area contributed by atoms with Crippen LogP contribution in [0.15, 0.2) is 182 Å². The smallest absolute Gasteiger partial charge is 0.166 e. The maximum atomic E-state index is 9.25. The predicted molar refractivity (Wildman–Crippen MR) is 226 cm³/mol. The van der Waals surface area contributed by atoms with Crippen LogP contribution < -0.4 is 0 Å². The molecule has 0 atom stereocenters. The van der Waals surface area contributed by atoms with Crippen LogP contribution in [-0.2, 0) is 0 Å². The largest absolute Gasteiger partial charge is 0.309 e. The lowest BCUT2D eigenvalue weighted by molar-refractivity contribution is 1.07. The van der Waals surface area contributed by atoms with E-state index in [9.17, 15) is 2.74 Å². The second-order valence-corrected chi connectivity index (χ2v) is 14.2. The van der Waals surface area contributed by atoms with Gasteiger partial charge in [-0.25, -0.2) is 15.0 Å². The standard InChI is InChI=1S/C49H30N4S/c1-2-15-32(16-3-1)47-50-48(40-24-12-17-31-14-4-5-18-34(31)40)52-49(51-47)41-30-33(35-22-13-23-39-38-21-8-11-27-45(38)54-46(35)39)28-29-44(41)53-42-25-9-6-19-36(42)37-20-7-10-26-43(37)53/h1-30H/i6D,7D,19D,20D,25D,26D. The highest BCUT2D eigenvalue weighted by atomic mass is 32.1. The maximum absolute atomic E-state index is 9.25. The van der Waals surface area contributed by atoms with Gasteiger partial charge in [0.1, 0.15) is 0 Å². The summed E-state index contributed by atoms with van der Waals surface area (Å²) in [4.78, 5) is 15.5. The number of hydrogen-bond donors (Lipinski definition) is 0. The fourth-order valence-corrected chi connectivity index (χ4v) is 8.80. The third-order valence-electron chi connectivity index (χ3n) is 10.0. The van der Waals surface area contributed by atoms with Crippen molar-refractivity contribution >= 4 is 64.1 Å². The molecule has 0 N–H and O–H groups in total. The minimum atomic E-state index is -0.178. The van der Waals surface area contributed by atoms with E-state index in [0.29, 0.717) is 28.7 Å². The van der Waals surface area contributed by atoms with Crippen LogP contribution in [0.2, 0.25) is 0 Å². The monoisotopic (exact) mass is 712 g/mol. The Morgan fingerprint density at radius 2 is 1.07 bits per heavy atom. The molecule has 0 spiro atoms. The first-order chi connectivity index (χ1) is 29.2. The number of para-hydroxylation sites is 2. The third kappa shape index (κ3) is 4.86. The molecule has 8 aromatic carbocycles. The van der Waals surface area contributed by atoms with Crippen molar-refractivity contribution in [2.45, 2.75) is 0 Å². The summed E-state index contributed by atoms with van der Waals surface area (Å²) in [6, 6.07) is 46.4. The Balaban J connectivity index is 1.29. The molecule has 54 heavy (non-hydrogen) atoms. The molecule has 0 fully saturated rings. The average Bonchev–Trinajstić information content (AvgIpc) is 3.85. The Morgan fingerprint density at radius 3 is 1.89 bits per heavy atom. The Hall–Kier alpha value is -6.95. The van der Waals surface area contributed by atoms with Crippen LogP contribution in [-0.4, -0.2) is 19.5 Å². The van der Waals surface area contributed by atoms with Crippen LogP contribution in [0.1, 0.15) is 8.22 Å². The first-order valence-electron chi connectivity index (χ1n) is 20.6. The van der Waals surface area contributed by atoms with E-state index in [0.717, 1.165) is 43.1 Å². The molecule has 0 radical (unpaired) electrons. The number of benzene rings is 8. The van der Waals surface area contributed by atoms with Gasteiger partial charge in [-0.3, -0.25) is 0 Å². The predicted octanol–water partition coefficient (Wildman–Crippen LogP) is 13.2. The highest BCUT2D eigenvalue weighted by molar-refractivity contribution is 7.26. The van der Waals surface area contributed by atoms with E-state index in [1.807, 2.05) is 78.9 Å². The van der Waals surface area contributed by atoms with Gasteiger partial charge in [-0.2, -0.15) is 0 Å². The highest BCUT2D eigenvalue weighted by Crippen LogP contribution is 2.43. The number of thiophene rings is 1. The molecule has 0 bridgehead atoms. The van der Waals surface area contributed by atoms with Gasteiger partial charge in [-0.1, -0.05) is 152 Å². The molecule has 0 aliphatic heterocycles. The van der Waals surface area contributed by atoms with Gasteiger partial charge in [-0.05, 0) is 52.2 Å². The zero-order valence-corrected chi connectivity index (χ0v) is 29.4. The van der Waals surface area contributed by atoms with E-state index in [2.05, 4.69) is 54.6 Å². The quantitative estimate of drug-likeness (QED) is 0.178. The van der Waals surface area contributed by atoms with Gasteiger partial charge in [-0.15, -0.1) is 11.3 Å². The lowest BCUT2D eigenvalue weighted by atomic mass is 9.99. The Bertz CT molecular complexity index is 3510. The second-order valence-electron chi connectivity index (χ2n) is 13.1. The molecule has 0 saturated heterocycles. The van der Waals surface area contributed by atoms with Crippen LogP contribution in [0.5, 0.6) is 0 Å². The normalized spacial score (nSPS) is 13.3. The molecule has 0 amide bonds. The van der Waals surface area contributed by atoms with Crippen LogP contribution in [0.4, 0.5) is 0 Å². The van der Waals surface area contributed by atoms with Crippen LogP contribution in [0, 0.1) is 0 Å². The molecule has 0 saturated carbocycles. The third-order valence-corrected chi connectivity index (χ3v) is 11.2. The molecule has 11 aromatic rings. The fourth-order valence-electron chi connectivity index (χ4n) is 7.56. The summed E-state index contributed by atoms with van der Waals surface area (Å²) < 4.78 is 57.8. The zero-order chi connectivity index (χ0) is 40.8. The van der Waals surface area contributed by atoms with Gasteiger partial charge in [0.15, 0.2) is 17.5 Å². The fraction of sp³-hybridized carbons (Fsp3) is 0. The van der Waals surface area contributed by atoms with E-state index < -0.39 is 0 Å². The second kappa shape index (κ2) is 12.3. The van der Waals surface area contributed by atoms with E-state index in [4.69, 9.17) is 20.4 Å². The van der Waals surface area contributed by atoms with E-state index >= 15 is 0 Å². The van der Waals surface area contributed by atoms with Gasteiger partial charge >= 0.3 is 0 Å². The molecular formula is C49H30N4S. The maximum Gasteiger partial charge on any atom is 0.166 e. The van der Waals surface area contributed by atoms with E-state index in [1.165, 1.54) is 22.2 Å². The summed E-state index contributed by atoms with van der Waals surface area (Å²) in [6.07, 6.45) is 0. The van der Waals surface area contributed by atoms with Gasteiger partial charge < -0.3 is 4.57 Å². The summed E-state index contributed by atoms with van der Waals surface area (Å²) in [5.74, 6) is 1.25. The minimum Gasteiger partial charge on any atom is -0.309 e. The van der Waals surface area contributed by atoms with Crippen molar-refractivity contribution in [3.8, 4) is 51.0 Å². The number of aromatic nitrogens is 4. The SMILES string of the molecule is [2H]c1cc([2H])c2c(c1[2H])c1c([2H])c([2H])cc([2H])c1n2-c1ccc(-c2cccc3c2sc2ccccc23)cc1-c1nc(-c2ccccc2)nc(-c2cccc3ccccc23)n1. The van der Waals surface area contributed by atoms with E-state index in [1.54, 1.807) is 15.9 Å². The Morgan fingerprint density at radius 1 is 0.444 bits per heavy atom. The van der Waals surface area contributed by atoms with E-state index in [-0.39, 0.29) is 58.1 Å². The van der Waals surface area contributed by atoms with Crippen molar-refractivity contribution < 1.29 is 8.22 Å². The number of rotatable bonds is 5. The molecule has 0 unspecified atom stereocenters. The lowest BCUT2D eigenvalue weighted by Gasteiger charge is -2.17. The summed E-state index contributed by atoms with van der Waals surface area (Å²) in [5, 5.41) is 4.69. The highest BCUT2D eigenvalue weighted by Gasteiger charge is 2.21. The minimum absolute atomic E-state index is 0.0466. The molecule has 3 aromatic heterocycles. The molecule has 252 valence electrons. The first kappa shape index (κ1) is 25.1. The average molecular weight is 713 g/mol. The Labute approximate surface area is 323 Å². The summed E-state index contributed by atoms with van der Waals surface area (Å²) in [5.41, 5.74) is 5.09. The van der Waals surface area contributed by atoms with Crippen molar-refractivity contribution in [1.29, 1.82) is 0 Å². The number of nitrogens with zero attached hydrogens (tertiary/aromatic N) is 4. The first-order valence-corrected chi connectivity index (χ1v) is 18.4. The topological polar surface area (TPSA) is 43.6 Å². The molecule has 4 nitrogen and oxygen atoms in total. The van der Waals surface area contributed by atoms with Crippen LogP contribution in [0.25, 0.3) is 104 Å². The van der Waals surface area contributed by atoms with Crippen molar-refractivity contribution in [2.24, 2.45) is 0 Å². The summed E-state index contributed by atoms with van der Waals surface area (Å²) >= 11 is 1.73. The summed E-state index contributed by atoms with van der Waals surface area (Å²) in [6.45, 7) is 0.